The van der Waals surface area contributed by atoms with Gasteiger partial charge in [0.25, 0.3) is 0 Å². The Balaban J connectivity index is 1.51. The van der Waals surface area contributed by atoms with Gasteiger partial charge in [0.05, 0.1) is 48.7 Å². The SMILES string of the molecule is C[Si](C)(C)O[Si]12CCCSCCCOC(=O)c3ccccc3C(=O)OCCCSCCC[Si](O)(O1)O[Si]1(O[Si](C)(C)C)CCCSCCCOC(=O)c3ccccc3C(=O)OCCCSCCC[Si](O[Si](C)(C)C)(O2)O1. The molecule has 3 aliphatic heterocycles. The molecule has 4 bridgehead atoms. The van der Waals surface area contributed by atoms with Gasteiger partial charge >= 0.3 is 59.1 Å². The van der Waals surface area contributed by atoms with Gasteiger partial charge in [-0.2, -0.15) is 47.0 Å². The molecule has 0 amide bonds. The highest BCUT2D eigenvalue weighted by molar-refractivity contribution is 7.99. The molecule has 4 unspecified atom stereocenters. The summed E-state index contributed by atoms with van der Waals surface area (Å²) in [6.45, 7) is 19.9. The zero-order valence-electron chi connectivity index (χ0n) is 46.3. The van der Waals surface area contributed by atoms with Crippen LogP contribution in [0.25, 0.3) is 0 Å². The number of carbonyl (C=O) groups excluding carboxylic acids is 4. The van der Waals surface area contributed by atoms with E-state index in [9.17, 15) is 24.0 Å². The topological polar surface area (TPSA) is 190 Å². The molecule has 3 heterocycles. The minimum atomic E-state index is -4.29. The molecular weight excluding hydrogens is 1170 g/mol. The second kappa shape index (κ2) is 31.4. The van der Waals surface area contributed by atoms with Crippen LogP contribution in [-0.2, 0) is 47.8 Å². The summed E-state index contributed by atoms with van der Waals surface area (Å²) < 4.78 is 75.0. The maximum absolute atomic E-state index is 13.4. The molecule has 76 heavy (non-hydrogen) atoms. The van der Waals surface area contributed by atoms with Gasteiger partial charge in [-0.3, -0.25) is 0 Å². The maximum atomic E-state index is 13.4. The van der Waals surface area contributed by atoms with Crippen LogP contribution < -0.4 is 0 Å². The largest absolute Gasteiger partial charge is 0.483 e. The highest BCUT2D eigenvalue weighted by Gasteiger charge is 2.68. The number of carbonyl (C=O) groups is 4. The summed E-state index contributed by atoms with van der Waals surface area (Å²) in [6.07, 6.45) is 4.92. The first-order valence-corrected chi connectivity index (χ1v) is 49.4. The molecule has 3 aliphatic rings. The summed E-state index contributed by atoms with van der Waals surface area (Å²) in [6, 6.07) is 14.7. The van der Waals surface area contributed by atoms with Crippen molar-refractivity contribution >= 4 is 131 Å². The van der Waals surface area contributed by atoms with Crippen LogP contribution in [0.1, 0.15) is 92.8 Å². The van der Waals surface area contributed by atoms with E-state index < -0.39 is 84.0 Å². The smallest absolute Gasteiger partial charge is 0.462 e. The van der Waals surface area contributed by atoms with E-state index in [-0.39, 0.29) is 54.7 Å². The predicted octanol–water partition coefficient (Wildman–Crippen LogP) is 11.5. The van der Waals surface area contributed by atoms with E-state index in [0.717, 1.165) is 23.0 Å². The normalized spacial score (nSPS) is 27.6. The first-order valence-electron chi connectivity index (χ1n) is 26.7. The van der Waals surface area contributed by atoms with Crippen molar-refractivity contribution in [1.29, 1.82) is 0 Å². The Kier molecular flexibility index (Phi) is 27.1. The van der Waals surface area contributed by atoms with E-state index in [1.54, 1.807) is 95.6 Å². The third-order valence-electron chi connectivity index (χ3n) is 11.1. The number of ether oxygens (including phenoxy) is 4. The predicted molar refractivity (Wildman–Crippen MR) is 322 cm³/mol. The van der Waals surface area contributed by atoms with Crippen LogP contribution in [0, 0.1) is 0 Å². The van der Waals surface area contributed by atoms with Gasteiger partial charge in [0.15, 0.2) is 25.0 Å². The van der Waals surface area contributed by atoms with Crippen LogP contribution in [-0.4, -0.2) is 161 Å². The zero-order chi connectivity index (χ0) is 55.4. The highest BCUT2D eigenvalue weighted by atomic mass is 32.2. The van der Waals surface area contributed by atoms with Gasteiger partial charge in [-0.15, -0.1) is 0 Å². The molecule has 5 rings (SSSR count). The monoisotopic (exact) mass is 1250 g/mol. The first-order chi connectivity index (χ1) is 35.9. The van der Waals surface area contributed by atoms with Crippen molar-refractivity contribution in [3.05, 3.63) is 70.8 Å². The Morgan fingerprint density at radius 1 is 0.382 bits per heavy atom. The van der Waals surface area contributed by atoms with Gasteiger partial charge in [-0.05, 0) is 181 Å². The highest BCUT2D eigenvalue weighted by Crippen LogP contribution is 2.43. The van der Waals surface area contributed by atoms with E-state index >= 15 is 0 Å². The Labute approximate surface area is 477 Å². The van der Waals surface area contributed by atoms with Crippen LogP contribution in [0.2, 0.25) is 83.1 Å². The third-order valence-corrected chi connectivity index (χ3v) is 40.7. The summed E-state index contributed by atoms with van der Waals surface area (Å²) in [5, 5.41) is 0. The van der Waals surface area contributed by atoms with Gasteiger partial charge in [-0.25, -0.2) is 19.2 Å². The molecule has 1 saturated heterocycles. The van der Waals surface area contributed by atoms with Gasteiger partial charge in [0, 0.05) is 24.2 Å². The second-order valence-corrected chi connectivity index (χ2v) is 52.5. The Morgan fingerprint density at radius 3 is 0.882 bits per heavy atom. The lowest BCUT2D eigenvalue weighted by atomic mass is 10.1. The molecule has 0 aliphatic carbocycles. The van der Waals surface area contributed by atoms with Gasteiger partial charge < -0.3 is 52.5 Å². The molecule has 1 fully saturated rings. The molecule has 4 atom stereocenters. The lowest BCUT2D eigenvalue weighted by molar-refractivity contribution is 0.0459. The van der Waals surface area contributed by atoms with E-state index in [0.29, 0.717) is 92.5 Å². The van der Waals surface area contributed by atoms with E-state index in [4.69, 9.17) is 47.8 Å². The number of esters is 4. The number of cyclic esters (lactones) is 4. The summed E-state index contributed by atoms with van der Waals surface area (Å²) in [5.41, 5.74) is 0.754. The lowest BCUT2D eigenvalue weighted by Crippen LogP contribution is -2.75. The molecule has 0 radical (unpaired) electrons. The first kappa shape index (κ1) is 65.7. The summed E-state index contributed by atoms with van der Waals surface area (Å²) in [4.78, 5) is 66.1. The van der Waals surface area contributed by atoms with Crippen LogP contribution in [0.4, 0.5) is 0 Å². The van der Waals surface area contributed by atoms with Gasteiger partial charge in [-0.1, -0.05) is 24.3 Å². The molecule has 0 aromatic heterocycles. The van der Waals surface area contributed by atoms with Crippen molar-refractivity contribution in [2.75, 3.05) is 72.5 Å². The van der Waals surface area contributed by atoms with Crippen LogP contribution in [0.3, 0.4) is 0 Å². The number of hydrogen-bond acceptors (Lipinski definition) is 20. The lowest BCUT2D eigenvalue weighted by Gasteiger charge is -2.52. The van der Waals surface area contributed by atoms with Crippen molar-refractivity contribution in [3.63, 3.8) is 0 Å². The molecule has 0 spiro atoms. The molecule has 2 aromatic carbocycles. The standard InChI is InChI=1S/C49H84O16S4Si7/c1-70(2,3)59-74-39-19-35-67-31-15-27-56-47(51)43-23-11-10-22-42(43)46(50)55-26-14-30-66-34-18-38-73(54,62-74)63-75(60-71(4,5)6)40-20-36-68-32-16-28-57-48(52)44-24-12-13-25-45(44)49(53)58-29-17-33-69-37-21-41-76(64-74,65-75)61-72(7,8)9/h10-13,22-25,54H,14-21,26-41H2,1-9H3. The number of benzene rings is 2. The Bertz CT molecular complexity index is 2140. The molecule has 27 heteroatoms. The number of thioether (sulfide) groups is 4. The number of hydrogen-bond donors (Lipinski definition) is 1. The number of rotatable bonds is 6. The minimum Gasteiger partial charge on any atom is -0.462 e. The molecule has 428 valence electrons. The molecule has 0 saturated carbocycles. The maximum Gasteiger partial charge on any atom is 0.483 e. The zero-order valence-corrected chi connectivity index (χ0v) is 56.6. The van der Waals surface area contributed by atoms with E-state index in [2.05, 4.69) is 58.9 Å². The van der Waals surface area contributed by atoms with Crippen LogP contribution in [0.15, 0.2) is 48.5 Å². The van der Waals surface area contributed by atoms with Crippen LogP contribution in [0.5, 0.6) is 0 Å². The van der Waals surface area contributed by atoms with Crippen molar-refractivity contribution in [2.45, 2.75) is 134 Å². The fourth-order valence-corrected chi connectivity index (χ4v) is 44.2. The van der Waals surface area contributed by atoms with Crippen molar-refractivity contribution in [2.24, 2.45) is 0 Å². The fraction of sp³-hybridized carbons (Fsp3) is 0.673. The summed E-state index contributed by atoms with van der Waals surface area (Å²) in [5.74, 6) is 3.45. The average Bonchev–Trinajstić information content (AvgIpc) is 3.32. The molecule has 2 aromatic rings. The molecule has 16 nitrogen and oxygen atoms in total. The molecule has 1 N–H and O–H groups in total. The summed E-state index contributed by atoms with van der Waals surface area (Å²) in [7, 11) is -23.7. The Hall–Kier alpha value is -1.08. The third kappa shape index (κ3) is 23.4. The fourth-order valence-electron chi connectivity index (χ4n) is 8.40. The quantitative estimate of drug-likeness (QED) is 0.163. The van der Waals surface area contributed by atoms with E-state index in [1.807, 2.05) is 0 Å². The number of fused-ring (bicyclic) bond motifs is 6. The summed E-state index contributed by atoms with van der Waals surface area (Å²) >= 11 is 6.88. The molecular formula is C49H84O16S4Si7. The van der Waals surface area contributed by atoms with Crippen LogP contribution >= 0.6 is 47.0 Å². The second-order valence-electron chi connectivity index (χ2n) is 21.7. The van der Waals surface area contributed by atoms with Gasteiger partial charge in [0.2, 0.25) is 0 Å². The Morgan fingerprint density at radius 2 is 0.618 bits per heavy atom. The van der Waals surface area contributed by atoms with Crippen molar-refractivity contribution in [3.8, 4) is 0 Å². The van der Waals surface area contributed by atoms with Crippen molar-refractivity contribution < 1.29 is 71.7 Å². The minimum absolute atomic E-state index is 0.179. The van der Waals surface area contributed by atoms with Gasteiger partial charge in [0.1, 0.15) is 0 Å². The average molecular weight is 1250 g/mol. The van der Waals surface area contributed by atoms with Crippen molar-refractivity contribution in [1.82, 2.24) is 0 Å². The van der Waals surface area contributed by atoms with E-state index in [1.165, 1.54) is 0 Å².